The number of hydrogen-bond donors (Lipinski definition) is 1. The maximum atomic E-state index is 13.4. The zero-order valence-electron chi connectivity index (χ0n) is 10.7. The molecule has 110 valence electrons. The number of benzene rings is 2. The van der Waals surface area contributed by atoms with Crippen LogP contribution in [0, 0.1) is 15.9 Å². The molecule has 2 rings (SSSR count). The lowest BCUT2D eigenvalue weighted by atomic mass is 10.1. The van der Waals surface area contributed by atoms with Crippen LogP contribution >= 0.6 is 0 Å². The summed E-state index contributed by atoms with van der Waals surface area (Å²) >= 11 is 0. The smallest absolute Gasteiger partial charge is 0.270 e. The van der Waals surface area contributed by atoms with Gasteiger partial charge in [-0.3, -0.25) is 10.1 Å². The summed E-state index contributed by atoms with van der Waals surface area (Å²) < 4.78 is 39.3. The molecule has 0 amide bonds. The summed E-state index contributed by atoms with van der Waals surface area (Å²) in [5, 5.41) is 13.3. The van der Waals surface area contributed by atoms with Crippen molar-refractivity contribution in [2.24, 2.45) is 0 Å². The van der Waals surface area contributed by atoms with Crippen LogP contribution in [0.3, 0.4) is 0 Å². The molecule has 2 aromatic rings. The lowest BCUT2D eigenvalue weighted by molar-refractivity contribution is -0.385. The Bertz CT molecular complexity index is 662. The Labute approximate surface area is 118 Å². The van der Waals surface area contributed by atoms with Crippen molar-refractivity contribution in [1.29, 1.82) is 0 Å². The van der Waals surface area contributed by atoms with Gasteiger partial charge in [0.05, 0.1) is 4.92 Å². The van der Waals surface area contributed by atoms with Crippen molar-refractivity contribution in [3.63, 3.8) is 0 Å². The van der Waals surface area contributed by atoms with E-state index in [1.807, 2.05) is 0 Å². The number of alkyl halides is 2. The van der Waals surface area contributed by atoms with Crippen LogP contribution in [0.1, 0.15) is 17.6 Å². The molecule has 0 fully saturated rings. The SMILES string of the molecule is O=[N+]([O-])c1ccc(NCc2ccccc2F)c(C(F)F)c1. The van der Waals surface area contributed by atoms with Gasteiger partial charge in [-0.2, -0.15) is 0 Å². The minimum atomic E-state index is -2.87. The first kappa shape index (κ1) is 14.8. The number of hydrogen-bond acceptors (Lipinski definition) is 3. The van der Waals surface area contributed by atoms with E-state index in [1.54, 1.807) is 6.07 Å². The molecule has 0 aliphatic carbocycles. The van der Waals surface area contributed by atoms with E-state index in [-0.39, 0.29) is 12.2 Å². The van der Waals surface area contributed by atoms with Gasteiger partial charge in [0.15, 0.2) is 0 Å². The Morgan fingerprint density at radius 3 is 2.52 bits per heavy atom. The van der Waals surface area contributed by atoms with Gasteiger partial charge in [-0.25, -0.2) is 13.2 Å². The van der Waals surface area contributed by atoms with Gasteiger partial charge in [-0.1, -0.05) is 18.2 Å². The summed E-state index contributed by atoms with van der Waals surface area (Å²) in [5.74, 6) is -0.453. The molecule has 0 aromatic heterocycles. The summed E-state index contributed by atoms with van der Waals surface area (Å²) in [6.45, 7) is 0.00417. The topological polar surface area (TPSA) is 55.2 Å². The Balaban J connectivity index is 2.23. The van der Waals surface area contributed by atoms with Gasteiger partial charge in [-0.15, -0.1) is 0 Å². The summed E-state index contributed by atoms with van der Waals surface area (Å²) in [4.78, 5) is 9.86. The van der Waals surface area contributed by atoms with Gasteiger partial charge in [0, 0.05) is 35.5 Å². The number of non-ortho nitro benzene ring substituents is 1. The highest BCUT2D eigenvalue weighted by atomic mass is 19.3. The van der Waals surface area contributed by atoms with Crippen molar-refractivity contribution in [2.45, 2.75) is 13.0 Å². The average Bonchev–Trinajstić information content (AvgIpc) is 2.46. The highest BCUT2D eigenvalue weighted by molar-refractivity contribution is 5.56. The van der Waals surface area contributed by atoms with Gasteiger partial charge in [0.25, 0.3) is 12.1 Å². The van der Waals surface area contributed by atoms with Crippen LogP contribution in [-0.2, 0) is 6.54 Å². The first-order valence-corrected chi connectivity index (χ1v) is 6.03. The van der Waals surface area contributed by atoms with Crippen LogP contribution < -0.4 is 5.32 Å². The maximum Gasteiger partial charge on any atom is 0.270 e. The van der Waals surface area contributed by atoms with Gasteiger partial charge in [-0.05, 0) is 12.1 Å². The van der Waals surface area contributed by atoms with Crippen LogP contribution in [0.4, 0.5) is 24.5 Å². The fraction of sp³-hybridized carbons (Fsp3) is 0.143. The third-order valence-corrected chi connectivity index (χ3v) is 2.91. The van der Waals surface area contributed by atoms with Crippen LogP contribution in [0.2, 0.25) is 0 Å². The fourth-order valence-electron chi connectivity index (χ4n) is 1.84. The van der Waals surface area contributed by atoms with E-state index in [0.29, 0.717) is 5.56 Å². The van der Waals surface area contributed by atoms with Crippen LogP contribution in [0.25, 0.3) is 0 Å². The van der Waals surface area contributed by atoms with Gasteiger partial charge in [0.1, 0.15) is 5.82 Å². The third kappa shape index (κ3) is 3.50. The molecule has 0 radical (unpaired) electrons. The van der Waals surface area contributed by atoms with Crippen molar-refractivity contribution in [3.8, 4) is 0 Å². The summed E-state index contributed by atoms with van der Waals surface area (Å²) in [5.41, 5.74) is -0.544. The van der Waals surface area contributed by atoms with E-state index in [2.05, 4.69) is 5.32 Å². The molecule has 0 heterocycles. The molecule has 0 saturated carbocycles. The lowest BCUT2D eigenvalue weighted by Gasteiger charge is -2.12. The van der Waals surface area contributed by atoms with E-state index < -0.39 is 28.4 Å². The van der Waals surface area contributed by atoms with Gasteiger partial charge >= 0.3 is 0 Å². The normalized spacial score (nSPS) is 10.7. The van der Waals surface area contributed by atoms with Crippen LogP contribution in [0.5, 0.6) is 0 Å². The molecule has 7 heteroatoms. The molecule has 0 bridgehead atoms. The Hall–Kier alpha value is -2.57. The van der Waals surface area contributed by atoms with Gasteiger partial charge < -0.3 is 5.32 Å². The standard InChI is InChI=1S/C14H11F3N2O2/c15-12-4-2-1-3-9(12)8-18-13-6-5-10(19(20)21)7-11(13)14(16)17/h1-7,14,18H,8H2. The van der Waals surface area contributed by atoms with Crippen molar-refractivity contribution < 1.29 is 18.1 Å². The Morgan fingerprint density at radius 1 is 1.19 bits per heavy atom. The van der Waals surface area contributed by atoms with E-state index in [4.69, 9.17) is 0 Å². The monoisotopic (exact) mass is 296 g/mol. The minimum Gasteiger partial charge on any atom is -0.380 e. The molecule has 4 nitrogen and oxygen atoms in total. The number of nitrogens with one attached hydrogen (secondary N) is 1. The van der Waals surface area contributed by atoms with Crippen molar-refractivity contribution in [1.82, 2.24) is 0 Å². The number of nitro benzene ring substituents is 1. The first-order chi connectivity index (χ1) is 9.99. The van der Waals surface area contributed by atoms with Crippen molar-refractivity contribution in [3.05, 3.63) is 69.5 Å². The Kier molecular flexibility index (Phi) is 4.42. The molecular weight excluding hydrogens is 285 g/mol. The second-order valence-corrected chi connectivity index (χ2v) is 4.27. The molecule has 0 saturated heterocycles. The first-order valence-electron chi connectivity index (χ1n) is 6.03. The van der Waals surface area contributed by atoms with Crippen molar-refractivity contribution in [2.75, 3.05) is 5.32 Å². The molecular formula is C14H11F3N2O2. The molecule has 0 spiro atoms. The largest absolute Gasteiger partial charge is 0.380 e. The van der Waals surface area contributed by atoms with Gasteiger partial charge in [0.2, 0.25) is 0 Å². The van der Waals surface area contributed by atoms with Crippen LogP contribution in [0.15, 0.2) is 42.5 Å². The highest BCUT2D eigenvalue weighted by Gasteiger charge is 2.18. The highest BCUT2D eigenvalue weighted by Crippen LogP contribution is 2.31. The second kappa shape index (κ2) is 6.25. The summed E-state index contributed by atoms with van der Waals surface area (Å²) in [6.07, 6.45) is -2.87. The molecule has 1 N–H and O–H groups in total. The van der Waals surface area contributed by atoms with E-state index >= 15 is 0 Å². The molecule has 21 heavy (non-hydrogen) atoms. The predicted octanol–water partition coefficient (Wildman–Crippen LogP) is 4.28. The van der Waals surface area contributed by atoms with Crippen molar-refractivity contribution >= 4 is 11.4 Å². The molecule has 0 aliphatic rings. The summed E-state index contributed by atoms with van der Waals surface area (Å²) in [6, 6.07) is 9.07. The number of rotatable bonds is 5. The number of anilines is 1. The maximum absolute atomic E-state index is 13.4. The summed E-state index contributed by atoms with van der Waals surface area (Å²) in [7, 11) is 0. The predicted molar refractivity (Wildman–Crippen MR) is 71.8 cm³/mol. The van der Waals surface area contributed by atoms with E-state index in [0.717, 1.165) is 12.1 Å². The molecule has 0 atom stereocenters. The Morgan fingerprint density at radius 2 is 1.90 bits per heavy atom. The number of nitro groups is 1. The second-order valence-electron chi connectivity index (χ2n) is 4.27. The average molecular weight is 296 g/mol. The zero-order valence-corrected chi connectivity index (χ0v) is 10.7. The third-order valence-electron chi connectivity index (χ3n) is 2.91. The minimum absolute atomic E-state index is 0.00417. The quantitative estimate of drug-likeness (QED) is 0.661. The lowest BCUT2D eigenvalue weighted by Crippen LogP contribution is -2.05. The molecule has 2 aromatic carbocycles. The fourth-order valence-corrected chi connectivity index (χ4v) is 1.84. The van der Waals surface area contributed by atoms with E-state index in [1.165, 1.54) is 24.3 Å². The number of nitrogens with zero attached hydrogens (tertiary/aromatic N) is 1. The molecule has 0 aliphatic heterocycles. The zero-order chi connectivity index (χ0) is 15.4. The van der Waals surface area contributed by atoms with Crippen LogP contribution in [-0.4, -0.2) is 4.92 Å². The molecule has 0 unspecified atom stereocenters. The number of halogens is 3. The van der Waals surface area contributed by atoms with E-state index in [9.17, 15) is 23.3 Å².